The first-order chi connectivity index (χ1) is 19.9. The highest BCUT2D eigenvalue weighted by atomic mass is 14.9. The van der Waals surface area contributed by atoms with Gasteiger partial charge in [-0.15, -0.1) is 0 Å². The zero-order chi connectivity index (χ0) is 30.4. The first-order valence-corrected chi connectivity index (χ1v) is 15.0. The Morgan fingerprint density at radius 3 is 1.59 bits per heavy atom. The van der Waals surface area contributed by atoms with Crippen LogP contribution in [0.2, 0.25) is 0 Å². The lowest BCUT2D eigenvalue weighted by Crippen LogP contribution is -2.08. The van der Waals surface area contributed by atoms with Crippen LogP contribution in [-0.4, -0.2) is 0 Å². The van der Waals surface area contributed by atoms with Gasteiger partial charge in [-0.3, -0.25) is 0 Å². The van der Waals surface area contributed by atoms with Crippen molar-refractivity contribution < 1.29 is 0 Å². The number of aryl methyl sites for hydroxylation is 3. The van der Waals surface area contributed by atoms with Gasteiger partial charge in [0.1, 0.15) is 0 Å². The third-order valence-electron chi connectivity index (χ3n) is 6.89. The smallest absolute Gasteiger partial charge is 0.0413 e. The summed E-state index contributed by atoms with van der Waals surface area (Å²) in [5.41, 5.74) is 13.5. The van der Waals surface area contributed by atoms with Crippen molar-refractivity contribution in [2.75, 3.05) is 10.6 Å². The standard InChI is InChI=1S/C35H38N2.2C2H6/c1-7-11-32(24(2)3)36-30-20-16-28(17-21-30)35(34-26(5)13-10-14-27(34)6)29-18-22-31(23-19-29)37-33-15-9-8-12-25(33)4;2*1-2/h7-23,35-37H,1-6H3;2*1-2H3/b11-7-;;. The van der Waals surface area contributed by atoms with E-state index in [0.717, 1.165) is 22.8 Å². The van der Waals surface area contributed by atoms with Gasteiger partial charge in [0, 0.05) is 28.7 Å². The van der Waals surface area contributed by atoms with E-state index in [1.54, 1.807) is 0 Å². The van der Waals surface area contributed by atoms with Gasteiger partial charge in [-0.2, -0.15) is 0 Å². The summed E-state index contributed by atoms with van der Waals surface area (Å²) in [6.45, 7) is 20.9. The van der Waals surface area contributed by atoms with Crippen molar-refractivity contribution in [2.24, 2.45) is 0 Å². The van der Waals surface area contributed by atoms with E-state index in [0.29, 0.717) is 0 Å². The zero-order valence-electron chi connectivity index (χ0n) is 26.9. The Morgan fingerprint density at radius 2 is 1.10 bits per heavy atom. The molecule has 0 aliphatic rings. The van der Waals surface area contributed by atoms with Gasteiger partial charge in [-0.05, 0) is 111 Å². The number of benzene rings is 4. The third kappa shape index (κ3) is 8.98. The second kappa shape index (κ2) is 16.9. The molecular formula is C39H50N2. The van der Waals surface area contributed by atoms with Crippen LogP contribution >= 0.6 is 0 Å². The van der Waals surface area contributed by atoms with E-state index in [1.165, 1.54) is 39.0 Å². The molecule has 0 saturated carbocycles. The summed E-state index contributed by atoms with van der Waals surface area (Å²) in [5, 5.41) is 7.14. The summed E-state index contributed by atoms with van der Waals surface area (Å²) in [6, 6.07) is 32.8. The van der Waals surface area contributed by atoms with Gasteiger partial charge < -0.3 is 10.6 Å². The number of hydrogen-bond donors (Lipinski definition) is 2. The first-order valence-electron chi connectivity index (χ1n) is 15.0. The molecule has 0 fully saturated rings. The summed E-state index contributed by atoms with van der Waals surface area (Å²) in [4.78, 5) is 0. The molecule has 0 aromatic heterocycles. The minimum Gasteiger partial charge on any atom is -0.356 e. The van der Waals surface area contributed by atoms with Crippen LogP contribution in [0.25, 0.3) is 0 Å². The minimum absolute atomic E-state index is 0.154. The highest BCUT2D eigenvalue weighted by Gasteiger charge is 2.20. The monoisotopic (exact) mass is 546 g/mol. The van der Waals surface area contributed by atoms with E-state index < -0.39 is 0 Å². The predicted molar refractivity (Wildman–Crippen MR) is 184 cm³/mol. The van der Waals surface area contributed by atoms with E-state index >= 15 is 0 Å². The molecule has 1 atom stereocenters. The number of rotatable bonds is 8. The molecule has 2 nitrogen and oxygen atoms in total. The molecule has 1 unspecified atom stereocenters. The highest BCUT2D eigenvalue weighted by Crippen LogP contribution is 2.37. The van der Waals surface area contributed by atoms with Crippen molar-refractivity contribution >= 4 is 17.1 Å². The van der Waals surface area contributed by atoms with E-state index in [-0.39, 0.29) is 5.92 Å². The SMILES string of the molecule is C/C=C\C(Nc1ccc(C(c2ccc(Nc3ccccc3C)cc2)c2c(C)cccc2C)cc1)=C(C)C.CC.CC. The lowest BCUT2D eigenvalue weighted by atomic mass is 9.81. The molecule has 2 N–H and O–H groups in total. The maximum Gasteiger partial charge on any atom is 0.0413 e. The highest BCUT2D eigenvalue weighted by molar-refractivity contribution is 5.64. The van der Waals surface area contributed by atoms with Crippen LogP contribution < -0.4 is 10.6 Å². The molecule has 0 spiro atoms. The number of allylic oxidation sites excluding steroid dienone is 3. The van der Waals surface area contributed by atoms with Gasteiger partial charge in [-0.25, -0.2) is 0 Å². The van der Waals surface area contributed by atoms with Gasteiger partial charge in [0.25, 0.3) is 0 Å². The molecule has 0 saturated heterocycles. The Kier molecular flexibility index (Phi) is 13.7. The summed E-state index contributed by atoms with van der Waals surface area (Å²) in [5.74, 6) is 0.154. The van der Waals surface area contributed by atoms with E-state index in [2.05, 4.69) is 148 Å². The van der Waals surface area contributed by atoms with E-state index in [4.69, 9.17) is 0 Å². The van der Waals surface area contributed by atoms with Crippen molar-refractivity contribution in [1.29, 1.82) is 0 Å². The van der Waals surface area contributed by atoms with Crippen LogP contribution in [-0.2, 0) is 0 Å². The van der Waals surface area contributed by atoms with E-state index in [1.807, 2.05) is 34.6 Å². The van der Waals surface area contributed by atoms with Crippen molar-refractivity contribution in [2.45, 2.75) is 75.2 Å². The van der Waals surface area contributed by atoms with Gasteiger partial charge in [0.2, 0.25) is 0 Å². The number of nitrogens with one attached hydrogen (secondary N) is 2. The Labute approximate surface area is 250 Å². The molecule has 0 radical (unpaired) electrons. The average molecular weight is 547 g/mol. The van der Waals surface area contributed by atoms with Crippen LogP contribution in [0.5, 0.6) is 0 Å². The lowest BCUT2D eigenvalue weighted by Gasteiger charge is -2.24. The van der Waals surface area contributed by atoms with Gasteiger partial charge in [-0.1, -0.05) is 100 Å². The van der Waals surface area contributed by atoms with Gasteiger partial charge in [0.15, 0.2) is 0 Å². The Hall–Kier alpha value is -4.04. The fourth-order valence-electron chi connectivity index (χ4n) is 4.85. The Bertz CT molecular complexity index is 1380. The van der Waals surface area contributed by atoms with Crippen LogP contribution in [0.1, 0.15) is 87.8 Å². The quantitative estimate of drug-likeness (QED) is 0.170. The van der Waals surface area contributed by atoms with Crippen LogP contribution in [0.3, 0.4) is 0 Å². The third-order valence-corrected chi connectivity index (χ3v) is 6.89. The Balaban J connectivity index is 0.00000141. The Morgan fingerprint density at radius 1 is 0.610 bits per heavy atom. The summed E-state index contributed by atoms with van der Waals surface area (Å²) >= 11 is 0. The van der Waals surface area contributed by atoms with Gasteiger partial charge in [0.05, 0.1) is 0 Å². The molecule has 2 heteroatoms. The molecule has 0 heterocycles. The second-order valence-electron chi connectivity index (χ2n) is 9.96. The second-order valence-corrected chi connectivity index (χ2v) is 9.96. The predicted octanol–water partition coefficient (Wildman–Crippen LogP) is 11.9. The zero-order valence-corrected chi connectivity index (χ0v) is 26.9. The molecule has 0 amide bonds. The number of anilines is 3. The minimum atomic E-state index is 0.154. The van der Waals surface area contributed by atoms with Crippen LogP contribution in [0.4, 0.5) is 17.1 Å². The fourth-order valence-corrected chi connectivity index (χ4v) is 4.85. The fraction of sp³-hybridized carbons (Fsp3) is 0.282. The lowest BCUT2D eigenvalue weighted by molar-refractivity contribution is 0.948. The first kappa shape index (κ1) is 33.2. The molecule has 0 aliphatic heterocycles. The molecule has 4 aromatic rings. The molecule has 0 bridgehead atoms. The van der Waals surface area contributed by atoms with Crippen molar-refractivity contribution in [3.63, 3.8) is 0 Å². The summed E-state index contributed by atoms with van der Waals surface area (Å²) in [7, 11) is 0. The van der Waals surface area contributed by atoms with E-state index in [9.17, 15) is 0 Å². The van der Waals surface area contributed by atoms with Crippen LogP contribution in [0, 0.1) is 20.8 Å². The topological polar surface area (TPSA) is 24.1 Å². The molecule has 4 rings (SSSR count). The summed E-state index contributed by atoms with van der Waals surface area (Å²) in [6.07, 6.45) is 4.19. The molecule has 4 aromatic carbocycles. The summed E-state index contributed by atoms with van der Waals surface area (Å²) < 4.78 is 0. The van der Waals surface area contributed by atoms with Crippen molar-refractivity contribution in [1.82, 2.24) is 0 Å². The number of para-hydroxylation sites is 1. The molecule has 41 heavy (non-hydrogen) atoms. The maximum atomic E-state index is 3.57. The van der Waals surface area contributed by atoms with Gasteiger partial charge >= 0.3 is 0 Å². The van der Waals surface area contributed by atoms with Crippen molar-refractivity contribution in [3.8, 4) is 0 Å². The number of hydrogen-bond acceptors (Lipinski definition) is 2. The molecular weight excluding hydrogens is 496 g/mol. The largest absolute Gasteiger partial charge is 0.356 e. The molecule has 0 aliphatic carbocycles. The van der Waals surface area contributed by atoms with Crippen LogP contribution in [0.15, 0.2) is 114 Å². The maximum absolute atomic E-state index is 3.57. The average Bonchev–Trinajstić information content (AvgIpc) is 2.99. The molecule has 216 valence electrons. The normalized spacial score (nSPS) is 11.0. The van der Waals surface area contributed by atoms with Crippen molar-refractivity contribution in [3.05, 3.63) is 148 Å².